The van der Waals surface area contributed by atoms with Crippen LogP contribution in [-0.2, 0) is 24.2 Å². The van der Waals surface area contributed by atoms with Gasteiger partial charge in [0, 0.05) is 0 Å². The lowest BCUT2D eigenvalue weighted by atomic mass is 9.95. The molecule has 0 aromatic heterocycles. The van der Waals surface area contributed by atoms with Crippen LogP contribution < -0.4 is 0 Å². The lowest BCUT2D eigenvalue weighted by Crippen LogP contribution is -2.07. The zero-order valence-electron chi connectivity index (χ0n) is 9.03. The summed E-state index contributed by atoms with van der Waals surface area (Å²) in [6.45, 7) is 1.69. The molecule has 1 rings (SSSR count). The van der Waals surface area contributed by atoms with Gasteiger partial charge in [-0.2, -0.15) is 5.26 Å². The average molecular weight is 219 g/mol. The Labute approximate surface area is 93.8 Å². The molecule has 4 nitrogen and oxygen atoms in total. The molecule has 1 aromatic carbocycles. The molecule has 0 aliphatic heterocycles. The molecule has 0 spiro atoms. The minimum absolute atomic E-state index is 0.233. The fourth-order valence-electron chi connectivity index (χ4n) is 1.60. The molecular weight excluding hydrogens is 206 g/mol. The molecule has 0 heterocycles. The molecule has 1 aromatic rings. The molecule has 16 heavy (non-hydrogen) atoms. The van der Waals surface area contributed by atoms with Gasteiger partial charge in [-0.1, -0.05) is 13.0 Å². The monoisotopic (exact) mass is 219 g/mol. The van der Waals surface area contributed by atoms with E-state index in [0.29, 0.717) is 16.7 Å². The maximum absolute atomic E-state index is 10.7. The number of aliphatic carboxylic acids is 1. The molecule has 0 aliphatic carbocycles. The fraction of sp³-hybridized carbons (Fsp3) is 0.333. The lowest BCUT2D eigenvalue weighted by molar-refractivity contribution is -0.136. The summed E-state index contributed by atoms with van der Waals surface area (Å²) in [5, 5.41) is 26.9. The van der Waals surface area contributed by atoms with Crippen LogP contribution in [0.4, 0.5) is 0 Å². The first-order chi connectivity index (χ1) is 7.62. The average Bonchev–Trinajstić information content (AvgIpc) is 2.28. The number of carboxylic acids is 1. The van der Waals surface area contributed by atoms with Crippen molar-refractivity contribution in [2.75, 3.05) is 0 Å². The third-order valence-corrected chi connectivity index (χ3v) is 2.43. The number of aliphatic hydroxyl groups excluding tert-OH is 1. The van der Waals surface area contributed by atoms with E-state index < -0.39 is 5.97 Å². The third-order valence-electron chi connectivity index (χ3n) is 2.43. The van der Waals surface area contributed by atoms with Gasteiger partial charge in [-0.25, -0.2) is 0 Å². The number of rotatable bonds is 4. The topological polar surface area (TPSA) is 81.3 Å². The molecule has 0 bridgehead atoms. The first kappa shape index (κ1) is 12.2. The highest BCUT2D eigenvalue weighted by atomic mass is 16.4. The molecule has 84 valence electrons. The Morgan fingerprint density at radius 2 is 2.19 bits per heavy atom. The second-order valence-electron chi connectivity index (χ2n) is 3.48. The zero-order valence-corrected chi connectivity index (χ0v) is 9.03. The Morgan fingerprint density at radius 1 is 1.50 bits per heavy atom. The minimum atomic E-state index is -1.00. The molecule has 0 unspecified atom stereocenters. The number of carboxylic acid groups (broad SMARTS) is 1. The van der Waals surface area contributed by atoms with Gasteiger partial charge in [-0.3, -0.25) is 4.79 Å². The van der Waals surface area contributed by atoms with Crippen molar-refractivity contribution < 1.29 is 15.0 Å². The summed E-state index contributed by atoms with van der Waals surface area (Å²) >= 11 is 0. The molecular formula is C12H13NO3. The van der Waals surface area contributed by atoms with Gasteiger partial charge in [-0.05, 0) is 29.2 Å². The summed E-state index contributed by atoms with van der Waals surface area (Å²) in [5.74, 6) is -1.00. The summed E-state index contributed by atoms with van der Waals surface area (Å²) in [4.78, 5) is 10.7. The van der Waals surface area contributed by atoms with Crippen LogP contribution in [0.15, 0.2) is 12.1 Å². The summed E-state index contributed by atoms with van der Waals surface area (Å²) in [7, 11) is 0. The second kappa shape index (κ2) is 5.29. The minimum Gasteiger partial charge on any atom is -0.481 e. The van der Waals surface area contributed by atoms with Crippen LogP contribution in [0, 0.1) is 11.3 Å². The van der Waals surface area contributed by atoms with Crippen molar-refractivity contribution in [1.29, 1.82) is 5.26 Å². The number of benzene rings is 1. The fourth-order valence-corrected chi connectivity index (χ4v) is 1.60. The van der Waals surface area contributed by atoms with Crippen molar-refractivity contribution in [3.8, 4) is 6.07 Å². The Bertz CT molecular complexity index is 446. The van der Waals surface area contributed by atoms with Crippen LogP contribution in [0.1, 0.15) is 29.2 Å². The maximum atomic E-state index is 10.7. The van der Waals surface area contributed by atoms with E-state index in [4.69, 9.17) is 15.5 Å². The summed E-state index contributed by atoms with van der Waals surface area (Å²) in [6, 6.07) is 5.40. The molecule has 0 aliphatic rings. The number of nitrogens with zero attached hydrogens (tertiary/aromatic N) is 1. The second-order valence-corrected chi connectivity index (χ2v) is 3.48. The van der Waals surface area contributed by atoms with Gasteiger partial charge in [0.15, 0.2) is 0 Å². The van der Waals surface area contributed by atoms with Gasteiger partial charge in [0.1, 0.15) is 0 Å². The first-order valence-electron chi connectivity index (χ1n) is 4.99. The van der Waals surface area contributed by atoms with Gasteiger partial charge in [-0.15, -0.1) is 0 Å². The predicted molar refractivity (Wildman–Crippen MR) is 57.8 cm³/mol. The Morgan fingerprint density at radius 3 is 2.62 bits per heavy atom. The molecule has 2 N–H and O–H groups in total. The Balaban J connectivity index is 3.32. The van der Waals surface area contributed by atoms with Crippen LogP contribution in [0.3, 0.4) is 0 Å². The van der Waals surface area contributed by atoms with E-state index >= 15 is 0 Å². The number of aryl methyl sites for hydroxylation is 1. The van der Waals surface area contributed by atoms with Gasteiger partial charge in [0.05, 0.1) is 24.7 Å². The number of nitriles is 1. The smallest absolute Gasteiger partial charge is 0.307 e. The van der Waals surface area contributed by atoms with Crippen LogP contribution in [0.2, 0.25) is 0 Å². The van der Waals surface area contributed by atoms with E-state index in [1.54, 1.807) is 12.1 Å². The largest absolute Gasteiger partial charge is 0.481 e. The van der Waals surface area contributed by atoms with Gasteiger partial charge in [0.2, 0.25) is 0 Å². The number of carbonyl (C=O) groups is 1. The van der Waals surface area contributed by atoms with Crippen molar-refractivity contribution in [2.45, 2.75) is 26.4 Å². The maximum Gasteiger partial charge on any atom is 0.307 e. The molecule has 0 saturated carbocycles. The van der Waals surface area contributed by atoms with Gasteiger partial charge < -0.3 is 10.2 Å². The highest BCUT2D eigenvalue weighted by Crippen LogP contribution is 2.19. The lowest BCUT2D eigenvalue weighted by Gasteiger charge is -2.09. The number of hydrogen-bond acceptors (Lipinski definition) is 3. The van der Waals surface area contributed by atoms with E-state index in [2.05, 4.69) is 0 Å². The van der Waals surface area contributed by atoms with Crippen molar-refractivity contribution in [3.05, 3.63) is 34.4 Å². The van der Waals surface area contributed by atoms with Gasteiger partial charge >= 0.3 is 5.97 Å². The quantitative estimate of drug-likeness (QED) is 0.798. The van der Waals surface area contributed by atoms with Crippen molar-refractivity contribution in [3.63, 3.8) is 0 Å². The predicted octanol–water partition coefficient (Wildman–Crippen LogP) is 1.24. The molecule has 4 heteroatoms. The highest BCUT2D eigenvalue weighted by molar-refractivity contribution is 5.72. The standard InChI is InChI=1S/C12H13NO3/c1-2-8-3-9(6-13)11(5-12(15)16)10(4-8)7-14/h3-4,14H,2,5,7H2,1H3,(H,15,16). The molecule has 0 radical (unpaired) electrons. The first-order valence-corrected chi connectivity index (χ1v) is 4.99. The van der Waals surface area contributed by atoms with Crippen LogP contribution in [0.25, 0.3) is 0 Å². The van der Waals surface area contributed by atoms with E-state index in [9.17, 15) is 4.79 Å². The highest BCUT2D eigenvalue weighted by Gasteiger charge is 2.12. The molecule has 0 amide bonds. The Kier molecular flexibility index (Phi) is 4.03. The summed E-state index contributed by atoms with van der Waals surface area (Å²) in [5.41, 5.74) is 2.20. The normalized spacial score (nSPS) is 9.81. The number of hydrogen-bond donors (Lipinski definition) is 2. The van der Waals surface area contributed by atoms with Crippen LogP contribution >= 0.6 is 0 Å². The van der Waals surface area contributed by atoms with E-state index in [1.165, 1.54) is 0 Å². The molecule has 0 saturated heterocycles. The third kappa shape index (κ3) is 2.59. The molecule has 0 fully saturated rings. The van der Waals surface area contributed by atoms with Crippen LogP contribution in [-0.4, -0.2) is 16.2 Å². The Hall–Kier alpha value is -1.86. The van der Waals surface area contributed by atoms with E-state index in [-0.39, 0.29) is 13.0 Å². The molecule has 0 atom stereocenters. The van der Waals surface area contributed by atoms with Gasteiger partial charge in [0.25, 0.3) is 0 Å². The van der Waals surface area contributed by atoms with E-state index in [1.807, 2.05) is 13.0 Å². The van der Waals surface area contributed by atoms with E-state index in [0.717, 1.165) is 12.0 Å². The van der Waals surface area contributed by atoms with Crippen molar-refractivity contribution >= 4 is 5.97 Å². The summed E-state index contributed by atoms with van der Waals surface area (Å²) in [6.07, 6.45) is 0.512. The van der Waals surface area contributed by atoms with Crippen molar-refractivity contribution in [2.24, 2.45) is 0 Å². The van der Waals surface area contributed by atoms with Crippen molar-refractivity contribution in [1.82, 2.24) is 0 Å². The zero-order chi connectivity index (χ0) is 12.1. The number of aliphatic hydroxyl groups is 1. The SMILES string of the molecule is CCc1cc(C#N)c(CC(=O)O)c(CO)c1. The summed E-state index contributed by atoms with van der Waals surface area (Å²) < 4.78 is 0. The van der Waals surface area contributed by atoms with Crippen LogP contribution in [0.5, 0.6) is 0 Å².